The van der Waals surface area contributed by atoms with Crippen LogP contribution in [-0.2, 0) is 0 Å². The second-order valence-electron chi connectivity index (χ2n) is 7.63. The van der Waals surface area contributed by atoms with Gasteiger partial charge in [-0.1, -0.05) is 0 Å². The van der Waals surface area contributed by atoms with Crippen molar-refractivity contribution in [2.45, 2.75) is 0 Å². The van der Waals surface area contributed by atoms with Gasteiger partial charge in [-0.3, -0.25) is 9.80 Å². The van der Waals surface area contributed by atoms with E-state index in [0.29, 0.717) is 0 Å². The fraction of sp³-hybridized carbons (Fsp3) is 1.00. The molecular weight excluding hydrogens is 354 g/mol. The minimum atomic E-state index is 1.04. The van der Waals surface area contributed by atoms with Crippen LogP contribution in [0, 0.1) is 0 Å². The smallest absolute Gasteiger partial charge is 0.0508 e. The van der Waals surface area contributed by atoms with Crippen LogP contribution in [-0.4, -0.2) is 134 Å². The van der Waals surface area contributed by atoms with E-state index in [1.807, 2.05) is 0 Å². The third-order valence-electron chi connectivity index (χ3n) is 5.21. The van der Waals surface area contributed by atoms with Crippen molar-refractivity contribution in [3.63, 3.8) is 0 Å². The van der Waals surface area contributed by atoms with Gasteiger partial charge in [0.2, 0.25) is 0 Å². The zero-order chi connectivity index (χ0) is 19.5. The SMILES string of the molecule is C1CNCCNCCN(CN2CCNCCNCCNCC2)CCNCCN1. The molecule has 0 saturated carbocycles. The van der Waals surface area contributed by atoms with Crippen molar-refractivity contribution in [2.24, 2.45) is 0 Å². The van der Waals surface area contributed by atoms with Crippen molar-refractivity contribution in [3.8, 4) is 0 Å². The highest BCUT2D eigenvalue weighted by molar-refractivity contribution is 4.69. The Kier molecular flexibility index (Phi) is 14.9. The molecule has 9 heteroatoms. The van der Waals surface area contributed by atoms with Crippen molar-refractivity contribution in [1.29, 1.82) is 0 Å². The summed E-state index contributed by atoms with van der Waals surface area (Å²) in [4.78, 5) is 5.18. The van der Waals surface area contributed by atoms with E-state index in [9.17, 15) is 0 Å². The molecule has 0 amide bonds. The van der Waals surface area contributed by atoms with Gasteiger partial charge in [-0.25, -0.2) is 0 Å². The molecular formula is C19H45N9. The van der Waals surface area contributed by atoms with Crippen LogP contribution in [0.2, 0.25) is 0 Å². The van der Waals surface area contributed by atoms with E-state index < -0.39 is 0 Å². The van der Waals surface area contributed by atoms with Crippen molar-refractivity contribution in [3.05, 3.63) is 0 Å². The van der Waals surface area contributed by atoms with Crippen LogP contribution < -0.4 is 37.2 Å². The molecule has 166 valence electrons. The summed E-state index contributed by atoms with van der Waals surface area (Å²) in [6.45, 7) is 20.1. The number of hydrogen-bond donors (Lipinski definition) is 7. The number of rotatable bonds is 2. The Morgan fingerprint density at radius 3 is 0.786 bits per heavy atom. The maximum absolute atomic E-state index is 3.58. The van der Waals surface area contributed by atoms with E-state index in [0.717, 1.165) is 124 Å². The molecule has 0 aromatic heterocycles. The Morgan fingerprint density at radius 2 is 0.536 bits per heavy atom. The Morgan fingerprint density at radius 1 is 0.321 bits per heavy atom. The highest BCUT2D eigenvalue weighted by Gasteiger charge is 2.11. The maximum Gasteiger partial charge on any atom is 0.0508 e. The first-order chi connectivity index (χ1) is 13.9. The van der Waals surface area contributed by atoms with Gasteiger partial charge >= 0.3 is 0 Å². The standard InChI is InChI=1S/C19H45N9/c1-2-21-4-8-24-12-16-27(15-11-23-7-3-20-1)19-28-17-13-25-9-5-22-6-10-26-14-18-28/h20-26H,1-19H2. The molecule has 0 spiro atoms. The van der Waals surface area contributed by atoms with Gasteiger partial charge in [0.1, 0.15) is 0 Å². The van der Waals surface area contributed by atoms with Crippen LogP contribution in [0.3, 0.4) is 0 Å². The lowest BCUT2D eigenvalue weighted by Crippen LogP contribution is -2.48. The highest BCUT2D eigenvalue weighted by Crippen LogP contribution is 1.95. The topological polar surface area (TPSA) is 90.7 Å². The molecule has 2 rings (SSSR count). The molecule has 0 aromatic carbocycles. The molecule has 9 nitrogen and oxygen atoms in total. The molecule has 2 fully saturated rings. The van der Waals surface area contributed by atoms with Gasteiger partial charge in [0.15, 0.2) is 0 Å². The molecule has 0 bridgehead atoms. The first kappa shape index (κ1) is 23.9. The highest BCUT2D eigenvalue weighted by atomic mass is 15.3. The Bertz CT molecular complexity index is 317. The molecule has 7 N–H and O–H groups in total. The normalized spacial score (nSPS) is 25.7. The minimum Gasteiger partial charge on any atom is -0.314 e. The molecule has 2 saturated heterocycles. The van der Waals surface area contributed by atoms with Gasteiger partial charge in [0, 0.05) is 118 Å². The lowest BCUT2D eigenvalue weighted by atomic mass is 10.4. The zero-order valence-corrected chi connectivity index (χ0v) is 17.8. The average molecular weight is 400 g/mol. The van der Waals surface area contributed by atoms with E-state index in [4.69, 9.17) is 0 Å². The Balaban J connectivity index is 1.76. The number of hydrogen-bond acceptors (Lipinski definition) is 9. The minimum absolute atomic E-state index is 1.04. The predicted octanol–water partition coefficient (Wildman–Crippen LogP) is -3.30. The molecule has 2 aliphatic rings. The predicted molar refractivity (Wildman–Crippen MR) is 118 cm³/mol. The molecule has 2 heterocycles. The first-order valence-electron chi connectivity index (χ1n) is 11.3. The Hall–Kier alpha value is -0.360. The molecule has 0 aliphatic carbocycles. The van der Waals surface area contributed by atoms with Crippen LogP contribution in [0.25, 0.3) is 0 Å². The third-order valence-corrected chi connectivity index (χ3v) is 5.21. The summed E-state index contributed by atoms with van der Waals surface area (Å²) in [6, 6.07) is 0. The average Bonchev–Trinajstić information content (AvgIpc) is 2.70. The van der Waals surface area contributed by atoms with Gasteiger partial charge in [-0.2, -0.15) is 0 Å². The van der Waals surface area contributed by atoms with Crippen LogP contribution >= 0.6 is 0 Å². The Labute approximate surface area is 172 Å². The second kappa shape index (κ2) is 17.5. The summed E-state index contributed by atoms with van der Waals surface area (Å²) >= 11 is 0. The fourth-order valence-corrected chi connectivity index (χ4v) is 3.50. The van der Waals surface area contributed by atoms with Crippen molar-refractivity contribution in [2.75, 3.05) is 124 Å². The van der Waals surface area contributed by atoms with Crippen LogP contribution in [0.5, 0.6) is 0 Å². The van der Waals surface area contributed by atoms with Crippen LogP contribution in [0.15, 0.2) is 0 Å². The molecule has 2 aliphatic heterocycles. The largest absolute Gasteiger partial charge is 0.314 e. The molecule has 0 radical (unpaired) electrons. The molecule has 0 atom stereocenters. The maximum atomic E-state index is 3.58. The molecule has 28 heavy (non-hydrogen) atoms. The summed E-state index contributed by atoms with van der Waals surface area (Å²) in [6.07, 6.45) is 0. The van der Waals surface area contributed by atoms with Gasteiger partial charge in [0.25, 0.3) is 0 Å². The van der Waals surface area contributed by atoms with Crippen molar-refractivity contribution in [1.82, 2.24) is 47.0 Å². The van der Waals surface area contributed by atoms with Crippen molar-refractivity contribution < 1.29 is 0 Å². The lowest BCUT2D eigenvalue weighted by Gasteiger charge is -2.31. The second-order valence-corrected chi connectivity index (χ2v) is 7.63. The van der Waals surface area contributed by atoms with Gasteiger partial charge in [-0.15, -0.1) is 0 Å². The molecule has 0 aromatic rings. The summed E-state index contributed by atoms with van der Waals surface area (Å²) < 4.78 is 0. The van der Waals surface area contributed by atoms with E-state index in [1.54, 1.807) is 0 Å². The summed E-state index contributed by atoms with van der Waals surface area (Å²) in [5, 5.41) is 24.7. The lowest BCUT2D eigenvalue weighted by molar-refractivity contribution is 0.132. The number of nitrogens with zero attached hydrogens (tertiary/aromatic N) is 2. The van der Waals surface area contributed by atoms with Gasteiger partial charge < -0.3 is 37.2 Å². The van der Waals surface area contributed by atoms with E-state index in [1.165, 1.54) is 0 Å². The third kappa shape index (κ3) is 13.0. The van der Waals surface area contributed by atoms with Gasteiger partial charge in [0.05, 0.1) is 6.67 Å². The quantitative estimate of drug-likeness (QED) is 0.258. The number of nitrogens with one attached hydrogen (secondary N) is 7. The summed E-state index contributed by atoms with van der Waals surface area (Å²) in [5.74, 6) is 0. The monoisotopic (exact) mass is 399 g/mol. The summed E-state index contributed by atoms with van der Waals surface area (Å²) in [7, 11) is 0. The van der Waals surface area contributed by atoms with Crippen molar-refractivity contribution >= 4 is 0 Å². The van der Waals surface area contributed by atoms with E-state index in [2.05, 4.69) is 47.0 Å². The van der Waals surface area contributed by atoms with E-state index >= 15 is 0 Å². The zero-order valence-electron chi connectivity index (χ0n) is 17.8. The fourth-order valence-electron chi connectivity index (χ4n) is 3.50. The van der Waals surface area contributed by atoms with Crippen LogP contribution in [0.4, 0.5) is 0 Å². The van der Waals surface area contributed by atoms with E-state index in [-0.39, 0.29) is 0 Å². The van der Waals surface area contributed by atoms with Gasteiger partial charge in [-0.05, 0) is 0 Å². The first-order valence-corrected chi connectivity index (χ1v) is 11.3. The van der Waals surface area contributed by atoms with Crippen LogP contribution in [0.1, 0.15) is 0 Å². The molecule has 0 unspecified atom stereocenters. The summed E-state index contributed by atoms with van der Waals surface area (Å²) in [5.41, 5.74) is 0.